The third-order valence-corrected chi connectivity index (χ3v) is 6.32. The van der Waals surface area contributed by atoms with Crippen molar-refractivity contribution in [3.05, 3.63) is 65.7 Å². The molecule has 0 spiro atoms. The largest absolute Gasteiger partial charge is 0.494 e. The van der Waals surface area contributed by atoms with Crippen molar-refractivity contribution < 1.29 is 9.31 Å². The zero-order chi connectivity index (χ0) is 18.1. The molecule has 5 rings (SSSR count). The molecule has 0 atom stereocenters. The molecule has 2 aliphatic rings. The van der Waals surface area contributed by atoms with Gasteiger partial charge in [0.25, 0.3) is 0 Å². The van der Waals surface area contributed by atoms with Crippen LogP contribution in [0.1, 0.15) is 38.8 Å². The van der Waals surface area contributed by atoms with Crippen LogP contribution in [0.25, 0.3) is 21.9 Å². The first-order valence-electron chi connectivity index (χ1n) is 9.35. The monoisotopic (exact) mass is 342 g/mol. The predicted molar refractivity (Wildman–Crippen MR) is 108 cm³/mol. The average molecular weight is 342 g/mol. The molecule has 1 fully saturated rings. The molecule has 0 unspecified atom stereocenters. The van der Waals surface area contributed by atoms with Crippen molar-refractivity contribution in [3.63, 3.8) is 0 Å². The highest BCUT2D eigenvalue weighted by atomic mass is 16.7. The summed E-state index contributed by atoms with van der Waals surface area (Å²) in [5, 5.41) is 2.62. The van der Waals surface area contributed by atoms with Crippen molar-refractivity contribution in [2.24, 2.45) is 0 Å². The molecular formula is C23H23BO2. The summed E-state index contributed by atoms with van der Waals surface area (Å²) in [6.45, 7) is 8.40. The van der Waals surface area contributed by atoms with Gasteiger partial charge in [-0.3, -0.25) is 0 Å². The standard InChI is InChI=1S/C23H23BO2/c1-22(2)23(3,4)26-24(25-22)18-12-11-16-13-17-10-9-15-7-5-6-8-19(15)21(17)20(16)14-18/h5-12,14H,13H2,1-4H3. The Bertz CT molecular complexity index is 1020. The van der Waals surface area contributed by atoms with Gasteiger partial charge < -0.3 is 9.31 Å². The average Bonchev–Trinajstić information content (AvgIpc) is 3.08. The number of hydrogen-bond acceptors (Lipinski definition) is 2. The molecule has 130 valence electrons. The molecule has 3 heteroatoms. The fraction of sp³-hybridized carbons (Fsp3) is 0.304. The molecular weight excluding hydrogens is 319 g/mol. The van der Waals surface area contributed by atoms with Gasteiger partial charge in [-0.15, -0.1) is 0 Å². The maximum Gasteiger partial charge on any atom is 0.494 e. The molecule has 1 heterocycles. The summed E-state index contributed by atoms with van der Waals surface area (Å²) in [7, 11) is -0.315. The van der Waals surface area contributed by atoms with E-state index in [1.807, 2.05) is 0 Å². The summed E-state index contributed by atoms with van der Waals surface area (Å²) in [5.74, 6) is 0. The number of rotatable bonds is 1. The van der Waals surface area contributed by atoms with Crippen LogP contribution >= 0.6 is 0 Å². The Kier molecular flexibility index (Phi) is 3.23. The molecule has 0 N–H and O–H groups in total. The van der Waals surface area contributed by atoms with Crippen LogP contribution in [-0.2, 0) is 15.7 Å². The Morgan fingerprint density at radius 1 is 0.808 bits per heavy atom. The second kappa shape index (κ2) is 5.22. The molecule has 0 aromatic heterocycles. The van der Waals surface area contributed by atoms with Gasteiger partial charge in [-0.1, -0.05) is 54.6 Å². The van der Waals surface area contributed by atoms with E-state index in [-0.39, 0.29) is 18.3 Å². The molecule has 2 nitrogen and oxygen atoms in total. The zero-order valence-corrected chi connectivity index (χ0v) is 15.8. The maximum absolute atomic E-state index is 6.26. The molecule has 1 saturated heterocycles. The maximum atomic E-state index is 6.26. The minimum Gasteiger partial charge on any atom is -0.399 e. The minimum absolute atomic E-state index is 0.315. The van der Waals surface area contributed by atoms with Gasteiger partial charge in [0.1, 0.15) is 0 Å². The normalized spacial score (nSPS) is 19.6. The lowest BCUT2D eigenvalue weighted by atomic mass is 9.77. The molecule has 0 radical (unpaired) electrons. The predicted octanol–water partition coefficient (Wildman–Crippen LogP) is 4.71. The second-order valence-electron chi connectivity index (χ2n) is 8.50. The van der Waals surface area contributed by atoms with Crippen LogP contribution in [0.5, 0.6) is 0 Å². The minimum atomic E-state index is -0.318. The van der Waals surface area contributed by atoms with Crippen LogP contribution in [-0.4, -0.2) is 18.3 Å². The Morgan fingerprint density at radius 2 is 1.50 bits per heavy atom. The lowest BCUT2D eigenvalue weighted by Gasteiger charge is -2.32. The van der Waals surface area contributed by atoms with Crippen molar-refractivity contribution >= 4 is 23.4 Å². The van der Waals surface area contributed by atoms with Crippen LogP contribution in [0.4, 0.5) is 0 Å². The zero-order valence-electron chi connectivity index (χ0n) is 15.8. The van der Waals surface area contributed by atoms with Gasteiger partial charge in [0, 0.05) is 0 Å². The van der Waals surface area contributed by atoms with Gasteiger partial charge in [0.05, 0.1) is 11.2 Å². The topological polar surface area (TPSA) is 18.5 Å². The van der Waals surface area contributed by atoms with Crippen molar-refractivity contribution in [1.82, 2.24) is 0 Å². The number of fused-ring (bicyclic) bond motifs is 5. The molecule has 1 aliphatic heterocycles. The summed E-state index contributed by atoms with van der Waals surface area (Å²) < 4.78 is 12.5. The van der Waals surface area contributed by atoms with Crippen LogP contribution < -0.4 is 5.46 Å². The Balaban J connectivity index is 1.63. The Labute approximate surface area is 155 Å². The number of hydrogen-bond donors (Lipinski definition) is 0. The van der Waals surface area contributed by atoms with Crippen molar-refractivity contribution in [2.75, 3.05) is 0 Å². The summed E-state index contributed by atoms with van der Waals surface area (Å²) in [5.41, 5.74) is 5.95. The fourth-order valence-corrected chi connectivity index (χ4v) is 4.09. The molecule has 26 heavy (non-hydrogen) atoms. The smallest absolute Gasteiger partial charge is 0.399 e. The van der Waals surface area contributed by atoms with Gasteiger partial charge in [-0.25, -0.2) is 0 Å². The summed E-state index contributed by atoms with van der Waals surface area (Å²) in [6, 6.07) is 19.8. The summed E-state index contributed by atoms with van der Waals surface area (Å²) >= 11 is 0. The quantitative estimate of drug-likeness (QED) is 0.467. The fourth-order valence-electron chi connectivity index (χ4n) is 4.09. The first kappa shape index (κ1) is 16.1. The SMILES string of the molecule is CC1(C)OB(c2ccc3c(c2)-c2c(ccc4ccccc24)C3)OC1(C)C. The van der Waals surface area contributed by atoms with Gasteiger partial charge >= 0.3 is 7.12 Å². The third kappa shape index (κ3) is 2.20. The summed E-state index contributed by atoms with van der Waals surface area (Å²) in [4.78, 5) is 0. The third-order valence-electron chi connectivity index (χ3n) is 6.32. The van der Waals surface area contributed by atoms with Crippen LogP contribution in [0.2, 0.25) is 0 Å². The van der Waals surface area contributed by atoms with E-state index in [0.29, 0.717) is 0 Å². The number of benzene rings is 3. The van der Waals surface area contributed by atoms with E-state index in [1.54, 1.807) is 0 Å². The molecule has 0 saturated carbocycles. The van der Waals surface area contributed by atoms with Crippen LogP contribution in [0.15, 0.2) is 54.6 Å². The van der Waals surface area contributed by atoms with Crippen molar-refractivity contribution in [3.8, 4) is 11.1 Å². The summed E-state index contributed by atoms with van der Waals surface area (Å²) in [6.07, 6.45) is 0.999. The molecule has 3 aromatic rings. The van der Waals surface area contributed by atoms with E-state index < -0.39 is 0 Å². The lowest BCUT2D eigenvalue weighted by Crippen LogP contribution is -2.41. The second-order valence-corrected chi connectivity index (χ2v) is 8.50. The van der Waals surface area contributed by atoms with E-state index in [1.165, 1.54) is 33.0 Å². The van der Waals surface area contributed by atoms with E-state index in [4.69, 9.17) is 9.31 Å². The van der Waals surface area contributed by atoms with Crippen molar-refractivity contribution in [1.29, 1.82) is 0 Å². The highest BCUT2D eigenvalue weighted by molar-refractivity contribution is 6.62. The molecule has 3 aromatic carbocycles. The Hall–Kier alpha value is -2.10. The molecule has 1 aliphatic carbocycles. The first-order chi connectivity index (χ1) is 12.4. The highest BCUT2D eigenvalue weighted by Crippen LogP contribution is 2.42. The van der Waals surface area contributed by atoms with Gasteiger partial charge in [0.15, 0.2) is 0 Å². The lowest BCUT2D eigenvalue weighted by molar-refractivity contribution is 0.00578. The Morgan fingerprint density at radius 3 is 2.27 bits per heavy atom. The van der Waals surface area contributed by atoms with Crippen molar-refractivity contribution in [2.45, 2.75) is 45.3 Å². The molecule has 0 bridgehead atoms. The first-order valence-corrected chi connectivity index (χ1v) is 9.35. The van der Waals surface area contributed by atoms with E-state index in [0.717, 1.165) is 11.9 Å². The van der Waals surface area contributed by atoms with Gasteiger partial charge in [-0.2, -0.15) is 0 Å². The van der Waals surface area contributed by atoms with E-state index >= 15 is 0 Å². The van der Waals surface area contributed by atoms with Crippen LogP contribution in [0, 0.1) is 0 Å². The van der Waals surface area contributed by atoms with E-state index in [9.17, 15) is 0 Å². The van der Waals surface area contributed by atoms with Crippen LogP contribution in [0.3, 0.4) is 0 Å². The van der Waals surface area contributed by atoms with E-state index in [2.05, 4.69) is 82.3 Å². The highest BCUT2D eigenvalue weighted by Gasteiger charge is 2.51. The molecule has 0 amide bonds. The van der Waals surface area contributed by atoms with Gasteiger partial charge in [-0.05, 0) is 72.6 Å². The van der Waals surface area contributed by atoms with Gasteiger partial charge in [0.2, 0.25) is 0 Å².